The van der Waals surface area contributed by atoms with Crippen LogP contribution in [0.3, 0.4) is 0 Å². The molecule has 0 atom stereocenters. The van der Waals surface area contributed by atoms with Crippen molar-refractivity contribution in [2.45, 2.75) is 51.6 Å². The Morgan fingerprint density at radius 2 is 1.68 bits per heavy atom. The van der Waals surface area contributed by atoms with Crippen LogP contribution >= 0.6 is 0 Å². The summed E-state index contributed by atoms with van der Waals surface area (Å²) in [4.78, 5) is 12.4. The second-order valence-electron chi connectivity index (χ2n) is 7.30. The zero-order chi connectivity index (χ0) is 18.6. The Balaban J connectivity index is 2.03. The maximum absolute atomic E-state index is 12.6. The zero-order valence-electron chi connectivity index (χ0n) is 14.5. The van der Waals surface area contributed by atoms with E-state index < -0.39 is 36.6 Å². The first-order valence-corrected chi connectivity index (χ1v) is 7.95. The maximum atomic E-state index is 12.6. The Hall–Kier alpha value is -1.80. The number of benzene rings is 1. The lowest BCUT2D eigenvalue weighted by Gasteiger charge is -2.32. The van der Waals surface area contributed by atoms with E-state index in [4.69, 9.17) is 9.31 Å². The van der Waals surface area contributed by atoms with Crippen LogP contribution in [0.5, 0.6) is 0 Å². The molecule has 1 aliphatic heterocycles. The Morgan fingerprint density at radius 1 is 1.08 bits per heavy atom. The summed E-state index contributed by atoms with van der Waals surface area (Å²) in [7, 11) is -0.676. The average molecular weight is 353 g/mol. The van der Waals surface area contributed by atoms with Gasteiger partial charge in [-0.2, -0.15) is 13.2 Å². The van der Waals surface area contributed by atoms with E-state index in [1.165, 1.54) is 6.07 Å². The van der Waals surface area contributed by atoms with Gasteiger partial charge in [0.25, 0.3) is 5.56 Å². The van der Waals surface area contributed by atoms with E-state index >= 15 is 0 Å². The average Bonchev–Trinajstić information content (AvgIpc) is 2.69. The lowest BCUT2D eigenvalue weighted by molar-refractivity contribution is -0.141. The van der Waals surface area contributed by atoms with E-state index in [1.807, 2.05) is 27.7 Å². The Morgan fingerprint density at radius 3 is 2.24 bits per heavy atom. The van der Waals surface area contributed by atoms with Crippen molar-refractivity contribution in [3.8, 4) is 0 Å². The minimum atomic E-state index is -4.46. The number of aromatic nitrogens is 1. The van der Waals surface area contributed by atoms with Gasteiger partial charge < -0.3 is 13.9 Å². The van der Waals surface area contributed by atoms with Crippen molar-refractivity contribution in [3.63, 3.8) is 0 Å². The van der Waals surface area contributed by atoms with E-state index in [-0.39, 0.29) is 5.39 Å². The maximum Gasteiger partial charge on any atom is 0.494 e. The van der Waals surface area contributed by atoms with Gasteiger partial charge in [0.2, 0.25) is 0 Å². The van der Waals surface area contributed by atoms with Gasteiger partial charge in [-0.15, -0.1) is 0 Å². The molecular formula is C17H19BF3NO3. The van der Waals surface area contributed by atoms with E-state index in [1.54, 1.807) is 18.2 Å². The molecule has 8 heteroatoms. The van der Waals surface area contributed by atoms with Gasteiger partial charge in [0, 0.05) is 11.6 Å². The monoisotopic (exact) mass is 353 g/mol. The fraction of sp³-hybridized carbons (Fsp3) is 0.471. The molecular weight excluding hydrogens is 334 g/mol. The first-order chi connectivity index (χ1) is 11.4. The lowest BCUT2D eigenvalue weighted by atomic mass is 9.78. The highest BCUT2D eigenvalue weighted by molar-refractivity contribution is 6.62. The molecule has 4 nitrogen and oxygen atoms in total. The molecule has 3 rings (SSSR count). The number of rotatable bonds is 2. The van der Waals surface area contributed by atoms with Gasteiger partial charge in [0.1, 0.15) is 6.54 Å². The molecule has 1 aromatic heterocycles. The SMILES string of the molecule is CC1(C)OB(c2ccc3ccn(CC(F)(F)F)c(=O)c3c2)OC1(C)C. The van der Waals surface area contributed by atoms with Crippen molar-refractivity contribution in [1.82, 2.24) is 4.57 Å². The highest BCUT2D eigenvalue weighted by Gasteiger charge is 2.51. The van der Waals surface area contributed by atoms with E-state index in [9.17, 15) is 18.0 Å². The largest absolute Gasteiger partial charge is 0.494 e. The molecule has 0 bridgehead atoms. The van der Waals surface area contributed by atoms with Crippen molar-refractivity contribution in [2.75, 3.05) is 0 Å². The lowest BCUT2D eigenvalue weighted by Crippen LogP contribution is -2.41. The number of nitrogens with zero attached hydrogens (tertiary/aromatic N) is 1. The second-order valence-corrected chi connectivity index (χ2v) is 7.30. The van der Waals surface area contributed by atoms with E-state index in [2.05, 4.69) is 0 Å². The van der Waals surface area contributed by atoms with Gasteiger partial charge in [-0.3, -0.25) is 4.79 Å². The molecule has 1 aromatic carbocycles. The Labute approximate surface area is 143 Å². The minimum absolute atomic E-state index is 0.207. The molecule has 1 saturated heterocycles. The van der Waals surface area contributed by atoms with Crippen LogP contribution in [0.2, 0.25) is 0 Å². The highest BCUT2D eigenvalue weighted by Crippen LogP contribution is 2.36. The molecule has 1 aliphatic rings. The van der Waals surface area contributed by atoms with Gasteiger partial charge in [-0.1, -0.05) is 12.1 Å². The standard InChI is InChI=1S/C17H19BF3NO3/c1-15(2)16(3,4)25-18(24-15)12-6-5-11-7-8-22(10-17(19,20)21)14(23)13(11)9-12/h5-9H,10H2,1-4H3. The summed E-state index contributed by atoms with van der Waals surface area (Å²) in [5, 5.41) is 0.780. The molecule has 0 radical (unpaired) electrons. The van der Waals surface area contributed by atoms with Crippen LogP contribution in [0.4, 0.5) is 13.2 Å². The smallest absolute Gasteiger partial charge is 0.399 e. The summed E-state index contributed by atoms with van der Waals surface area (Å²) in [5.41, 5.74) is -1.17. The van der Waals surface area contributed by atoms with Gasteiger partial charge in [0.15, 0.2) is 0 Å². The van der Waals surface area contributed by atoms with Crippen LogP contribution in [0, 0.1) is 0 Å². The number of halogens is 3. The van der Waals surface area contributed by atoms with E-state index in [0.717, 1.165) is 6.20 Å². The summed E-state index contributed by atoms with van der Waals surface area (Å²) in [6.45, 7) is 6.31. The predicted octanol–water partition coefficient (Wildman–Crippen LogP) is 2.86. The number of fused-ring (bicyclic) bond motifs is 1. The summed E-state index contributed by atoms with van der Waals surface area (Å²) in [6.07, 6.45) is -3.30. The third kappa shape index (κ3) is 3.33. The quantitative estimate of drug-likeness (QED) is 0.780. The van der Waals surface area contributed by atoms with Crippen LogP contribution in [0.15, 0.2) is 35.3 Å². The predicted molar refractivity (Wildman–Crippen MR) is 90.0 cm³/mol. The molecule has 0 spiro atoms. The molecule has 0 N–H and O–H groups in total. The van der Waals surface area contributed by atoms with Crippen molar-refractivity contribution in [1.29, 1.82) is 0 Å². The zero-order valence-corrected chi connectivity index (χ0v) is 14.5. The number of pyridine rings is 1. The molecule has 0 amide bonds. The summed E-state index contributed by atoms with van der Waals surface area (Å²) in [6, 6.07) is 6.50. The highest BCUT2D eigenvalue weighted by atomic mass is 19.4. The Kier molecular flexibility index (Phi) is 4.04. The van der Waals surface area contributed by atoms with Crippen molar-refractivity contribution in [2.24, 2.45) is 0 Å². The molecule has 1 fully saturated rings. The molecule has 0 aliphatic carbocycles. The van der Waals surface area contributed by atoms with Crippen molar-refractivity contribution in [3.05, 3.63) is 40.8 Å². The minimum Gasteiger partial charge on any atom is -0.399 e. The fourth-order valence-electron chi connectivity index (χ4n) is 2.74. The Bertz CT molecular complexity index is 858. The number of alkyl halides is 3. The molecule has 2 aromatic rings. The van der Waals surface area contributed by atoms with Crippen LogP contribution < -0.4 is 11.0 Å². The molecule has 25 heavy (non-hydrogen) atoms. The first-order valence-electron chi connectivity index (χ1n) is 7.95. The molecule has 2 heterocycles. The van der Waals surface area contributed by atoms with Crippen LogP contribution in [0.1, 0.15) is 27.7 Å². The van der Waals surface area contributed by atoms with Gasteiger partial charge in [-0.05, 0) is 50.7 Å². The van der Waals surface area contributed by atoms with Gasteiger partial charge >= 0.3 is 13.3 Å². The van der Waals surface area contributed by atoms with E-state index in [0.29, 0.717) is 15.4 Å². The summed E-state index contributed by atoms with van der Waals surface area (Å²) < 4.78 is 50.4. The third-order valence-corrected chi connectivity index (χ3v) is 4.88. The topological polar surface area (TPSA) is 40.5 Å². The first kappa shape index (κ1) is 18.0. The van der Waals surface area contributed by atoms with Crippen LogP contribution in [-0.4, -0.2) is 29.1 Å². The van der Waals surface area contributed by atoms with Crippen molar-refractivity contribution >= 4 is 23.4 Å². The van der Waals surface area contributed by atoms with Gasteiger partial charge in [0.05, 0.1) is 11.2 Å². The normalized spacial score (nSPS) is 19.6. The number of hydrogen-bond donors (Lipinski definition) is 0. The third-order valence-electron chi connectivity index (χ3n) is 4.88. The van der Waals surface area contributed by atoms with Crippen LogP contribution in [-0.2, 0) is 15.9 Å². The van der Waals surface area contributed by atoms with Crippen LogP contribution in [0.25, 0.3) is 10.8 Å². The van der Waals surface area contributed by atoms with Crippen molar-refractivity contribution < 1.29 is 22.5 Å². The van der Waals surface area contributed by atoms with Gasteiger partial charge in [-0.25, -0.2) is 0 Å². The summed E-state index contributed by atoms with van der Waals surface area (Å²) >= 11 is 0. The summed E-state index contributed by atoms with van der Waals surface area (Å²) in [5.74, 6) is 0. The fourth-order valence-corrected chi connectivity index (χ4v) is 2.74. The molecule has 0 unspecified atom stereocenters. The second kappa shape index (κ2) is 5.61. The molecule has 134 valence electrons. The molecule has 0 saturated carbocycles. The number of hydrogen-bond acceptors (Lipinski definition) is 3.